The summed E-state index contributed by atoms with van der Waals surface area (Å²) in [5, 5.41) is 0. The molecular weight excluding hydrogens is 239 g/mol. The van der Waals surface area contributed by atoms with Gasteiger partial charge in [-0.05, 0) is 60.8 Å². The molecule has 0 amide bonds. The van der Waals surface area contributed by atoms with Gasteiger partial charge in [0.1, 0.15) is 5.82 Å². The molecule has 0 heterocycles. The van der Waals surface area contributed by atoms with E-state index >= 15 is 0 Å². The van der Waals surface area contributed by atoms with Gasteiger partial charge in [0.2, 0.25) is 0 Å². The first kappa shape index (κ1) is 13.1. The van der Waals surface area contributed by atoms with Crippen LogP contribution in [0.4, 0.5) is 4.39 Å². The first-order valence-corrected chi connectivity index (χ1v) is 7.43. The van der Waals surface area contributed by atoms with E-state index in [1.54, 1.807) is 6.07 Å². The number of rotatable bonds is 7. The molecule has 0 atom stereocenters. The van der Waals surface area contributed by atoms with Gasteiger partial charge in [0.15, 0.2) is 0 Å². The van der Waals surface area contributed by atoms with E-state index < -0.39 is 0 Å². The van der Waals surface area contributed by atoms with Crippen LogP contribution in [0.3, 0.4) is 0 Å². The monoisotopic (exact) mass is 262 g/mol. The molecule has 3 rings (SSSR count). The molecule has 0 aromatic heterocycles. The Morgan fingerprint density at radius 3 is 2.11 bits per heavy atom. The minimum Gasteiger partial charge on any atom is -0.326 e. The summed E-state index contributed by atoms with van der Waals surface area (Å²) in [4.78, 5) is 2.52. The van der Waals surface area contributed by atoms with Crippen molar-refractivity contribution in [1.82, 2.24) is 4.90 Å². The van der Waals surface area contributed by atoms with Gasteiger partial charge in [0, 0.05) is 26.2 Å². The van der Waals surface area contributed by atoms with Crippen LogP contribution < -0.4 is 5.73 Å². The van der Waals surface area contributed by atoms with Gasteiger partial charge in [-0.1, -0.05) is 6.07 Å². The van der Waals surface area contributed by atoms with Crippen molar-refractivity contribution in [1.29, 1.82) is 0 Å². The summed E-state index contributed by atoms with van der Waals surface area (Å²) in [6.45, 7) is 3.66. The molecule has 0 radical (unpaired) electrons. The van der Waals surface area contributed by atoms with Gasteiger partial charge in [0.05, 0.1) is 0 Å². The van der Waals surface area contributed by atoms with Crippen LogP contribution in [-0.2, 0) is 13.1 Å². The summed E-state index contributed by atoms with van der Waals surface area (Å²) in [5.74, 6) is 1.62. The Balaban J connectivity index is 1.66. The molecule has 2 N–H and O–H groups in total. The molecule has 1 aromatic carbocycles. The minimum absolute atomic E-state index is 0.157. The Bertz CT molecular complexity index is 424. The molecule has 0 unspecified atom stereocenters. The van der Waals surface area contributed by atoms with E-state index in [0.29, 0.717) is 6.54 Å². The molecule has 19 heavy (non-hydrogen) atoms. The second kappa shape index (κ2) is 5.59. The number of halogens is 1. The zero-order valence-electron chi connectivity index (χ0n) is 11.4. The summed E-state index contributed by atoms with van der Waals surface area (Å²) < 4.78 is 13.5. The average Bonchev–Trinajstić information content (AvgIpc) is 3.24. The van der Waals surface area contributed by atoms with Crippen LogP contribution in [0.1, 0.15) is 36.8 Å². The highest BCUT2D eigenvalue weighted by molar-refractivity contribution is 5.24. The minimum atomic E-state index is -0.157. The fraction of sp³-hybridized carbons (Fsp3) is 0.625. The lowest BCUT2D eigenvalue weighted by Crippen LogP contribution is -2.28. The van der Waals surface area contributed by atoms with Crippen molar-refractivity contribution in [2.75, 3.05) is 13.1 Å². The maximum Gasteiger partial charge on any atom is 0.123 e. The molecule has 2 aliphatic carbocycles. The van der Waals surface area contributed by atoms with Crippen LogP contribution in [0.5, 0.6) is 0 Å². The molecular formula is C16H23FN2. The maximum absolute atomic E-state index is 13.5. The fourth-order valence-electron chi connectivity index (χ4n) is 2.72. The van der Waals surface area contributed by atoms with Gasteiger partial charge in [-0.2, -0.15) is 0 Å². The molecule has 2 aliphatic rings. The van der Waals surface area contributed by atoms with Crippen molar-refractivity contribution < 1.29 is 4.39 Å². The summed E-state index contributed by atoms with van der Waals surface area (Å²) in [6.07, 6.45) is 5.49. The van der Waals surface area contributed by atoms with Crippen LogP contribution in [-0.4, -0.2) is 18.0 Å². The van der Waals surface area contributed by atoms with Crippen molar-refractivity contribution in [3.05, 3.63) is 35.1 Å². The van der Waals surface area contributed by atoms with E-state index in [0.717, 1.165) is 29.5 Å². The Kier molecular flexibility index (Phi) is 3.85. The first-order valence-electron chi connectivity index (χ1n) is 7.43. The second-order valence-electron chi connectivity index (χ2n) is 6.25. The molecule has 0 spiro atoms. The van der Waals surface area contributed by atoms with E-state index in [1.807, 2.05) is 0 Å². The van der Waals surface area contributed by atoms with Crippen LogP contribution in [0, 0.1) is 17.7 Å². The highest BCUT2D eigenvalue weighted by atomic mass is 19.1. The van der Waals surface area contributed by atoms with E-state index in [1.165, 1.54) is 44.8 Å². The highest BCUT2D eigenvalue weighted by Gasteiger charge is 2.29. The molecule has 104 valence electrons. The summed E-state index contributed by atoms with van der Waals surface area (Å²) in [7, 11) is 0. The Morgan fingerprint density at radius 2 is 1.58 bits per heavy atom. The molecule has 2 nitrogen and oxygen atoms in total. The molecule has 2 saturated carbocycles. The van der Waals surface area contributed by atoms with Crippen molar-refractivity contribution in [3.8, 4) is 0 Å². The third-order valence-corrected chi connectivity index (χ3v) is 4.09. The zero-order valence-corrected chi connectivity index (χ0v) is 11.4. The van der Waals surface area contributed by atoms with E-state index in [-0.39, 0.29) is 5.82 Å². The molecule has 0 bridgehead atoms. The van der Waals surface area contributed by atoms with Crippen molar-refractivity contribution in [2.24, 2.45) is 17.6 Å². The normalized spacial score (nSPS) is 19.1. The Hall–Kier alpha value is -0.930. The summed E-state index contributed by atoms with van der Waals surface area (Å²) in [6, 6.07) is 5.25. The lowest BCUT2D eigenvalue weighted by atomic mass is 10.1. The number of nitrogens with two attached hydrogens (primary N) is 1. The van der Waals surface area contributed by atoms with Crippen LogP contribution in [0.25, 0.3) is 0 Å². The topological polar surface area (TPSA) is 29.3 Å². The fourth-order valence-corrected chi connectivity index (χ4v) is 2.72. The summed E-state index contributed by atoms with van der Waals surface area (Å²) >= 11 is 0. The van der Waals surface area contributed by atoms with Crippen LogP contribution in [0.2, 0.25) is 0 Å². The Morgan fingerprint density at radius 1 is 1.00 bits per heavy atom. The van der Waals surface area contributed by atoms with Crippen molar-refractivity contribution in [2.45, 2.75) is 38.8 Å². The van der Waals surface area contributed by atoms with Gasteiger partial charge < -0.3 is 5.73 Å². The quantitative estimate of drug-likeness (QED) is 0.818. The van der Waals surface area contributed by atoms with Crippen molar-refractivity contribution >= 4 is 0 Å². The number of hydrogen-bond acceptors (Lipinski definition) is 2. The largest absolute Gasteiger partial charge is 0.326 e. The number of benzene rings is 1. The van der Waals surface area contributed by atoms with Gasteiger partial charge >= 0.3 is 0 Å². The van der Waals surface area contributed by atoms with Crippen LogP contribution >= 0.6 is 0 Å². The third-order valence-electron chi connectivity index (χ3n) is 4.09. The van der Waals surface area contributed by atoms with E-state index in [9.17, 15) is 4.39 Å². The highest BCUT2D eigenvalue weighted by Crippen LogP contribution is 2.34. The third kappa shape index (κ3) is 4.02. The average molecular weight is 262 g/mol. The molecule has 1 aromatic rings. The zero-order chi connectivity index (χ0) is 13.2. The standard InChI is InChI=1S/C16H23FN2/c17-16-6-14(8-18)5-15(7-16)11-19(9-12-1-2-12)10-13-3-4-13/h5-7,12-13H,1-4,8-11,18H2. The first-order chi connectivity index (χ1) is 9.22. The Labute approximate surface area is 114 Å². The lowest BCUT2D eigenvalue weighted by Gasteiger charge is -2.22. The van der Waals surface area contributed by atoms with Gasteiger partial charge in [0.25, 0.3) is 0 Å². The van der Waals surface area contributed by atoms with E-state index in [2.05, 4.69) is 11.0 Å². The van der Waals surface area contributed by atoms with E-state index in [4.69, 9.17) is 5.73 Å². The number of hydrogen-bond donors (Lipinski definition) is 1. The van der Waals surface area contributed by atoms with Gasteiger partial charge in [-0.25, -0.2) is 4.39 Å². The molecule has 3 heteroatoms. The SMILES string of the molecule is NCc1cc(F)cc(CN(CC2CC2)CC2CC2)c1. The predicted octanol–water partition coefficient (Wildman–Crippen LogP) is 2.91. The van der Waals surface area contributed by atoms with Gasteiger partial charge in [-0.3, -0.25) is 4.90 Å². The smallest absolute Gasteiger partial charge is 0.123 e. The lowest BCUT2D eigenvalue weighted by molar-refractivity contribution is 0.244. The van der Waals surface area contributed by atoms with Gasteiger partial charge in [-0.15, -0.1) is 0 Å². The molecule has 0 saturated heterocycles. The van der Waals surface area contributed by atoms with Crippen molar-refractivity contribution in [3.63, 3.8) is 0 Å². The molecule has 0 aliphatic heterocycles. The van der Waals surface area contributed by atoms with Crippen LogP contribution in [0.15, 0.2) is 18.2 Å². The predicted molar refractivity (Wildman–Crippen MR) is 75.0 cm³/mol. The number of nitrogens with zero attached hydrogens (tertiary/aromatic N) is 1. The second-order valence-corrected chi connectivity index (χ2v) is 6.25. The maximum atomic E-state index is 13.5. The molecule has 2 fully saturated rings. The summed E-state index contributed by atoms with van der Waals surface area (Å²) in [5.41, 5.74) is 7.59.